The van der Waals surface area contributed by atoms with Gasteiger partial charge >= 0.3 is 0 Å². The Labute approximate surface area is 65.4 Å². The number of aromatic nitrogens is 3. The van der Waals surface area contributed by atoms with Gasteiger partial charge < -0.3 is 11.5 Å². The lowest BCUT2D eigenvalue weighted by Gasteiger charge is -2.01. The molecular formula is C6H13N5. The first kappa shape index (κ1) is 8.16. The number of hydrogen-bond donors (Lipinski definition) is 2. The van der Waals surface area contributed by atoms with Crippen LogP contribution in [0.4, 0.5) is 0 Å². The standard InChI is InChI=1S/C6H13N5/c1-5(8)3-11-4-6(2-7)9-10-11/h4-5H,2-3,7-8H2,1H3/t5-/m0/s1. The van der Waals surface area contributed by atoms with Crippen LogP contribution in [0.15, 0.2) is 6.20 Å². The molecule has 5 heteroatoms. The van der Waals surface area contributed by atoms with Crippen LogP contribution in [-0.2, 0) is 13.1 Å². The third-order valence-corrected chi connectivity index (χ3v) is 1.27. The molecule has 11 heavy (non-hydrogen) atoms. The molecule has 1 aromatic heterocycles. The van der Waals surface area contributed by atoms with Crippen LogP contribution >= 0.6 is 0 Å². The number of nitrogens with zero attached hydrogens (tertiary/aromatic N) is 3. The zero-order valence-electron chi connectivity index (χ0n) is 6.57. The van der Waals surface area contributed by atoms with Crippen molar-refractivity contribution in [2.45, 2.75) is 26.1 Å². The summed E-state index contributed by atoms with van der Waals surface area (Å²) in [4.78, 5) is 0. The molecule has 0 saturated carbocycles. The molecule has 0 fully saturated rings. The van der Waals surface area contributed by atoms with Crippen molar-refractivity contribution in [2.75, 3.05) is 0 Å². The van der Waals surface area contributed by atoms with E-state index in [0.29, 0.717) is 13.1 Å². The van der Waals surface area contributed by atoms with Crippen molar-refractivity contribution in [1.29, 1.82) is 0 Å². The molecule has 0 bridgehead atoms. The van der Waals surface area contributed by atoms with Gasteiger partial charge in [0.15, 0.2) is 0 Å². The molecule has 1 heterocycles. The van der Waals surface area contributed by atoms with Gasteiger partial charge in [-0.25, -0.2) is 0 Å². The Bertz CT molecular complexity index is 217. The van der Waals surface area contributed by atoms with Gasteiger partial charge in [-0.05, 0) is 6.92 Å². The van der Waals surface area contributed by atoms with Crippen LogP contribution in [0.2, 0.25) is 0 Å². The van der Waals surface area contributed by atoms with Crippen LogP contribution in [0.3, 0.4) is 0 Å². The highest BCUT2D eigenvalue weighted by molar-refractivity contribution is 4.90. The molecule has 0 spiro atoms. The summed E-state index contributed by atoms with van der Waals surface area (Å²) in [5, 5.41) is 7.65. The average Bonchev–Trinajstić information content (AvgIpc) is 2.34. The van der Waals surface area contributed by atoms with Crippen LogP contribution in [-0.4, -0.2) is 21.0 Å². The van der Waals surface area contributed by atoms with Crippen molar-refractivity contribution in [3.8, 4) is 0 Å². The van der Waals surface area contributed by atoms with E-state index in [9.17, 15) is 0 Å². The largest absolute Gasteiger partial charge is 0.326 e. The fourth-order valence-electron chi connectivity index (χ4n) is 0.816. The summed E-state index contributed by atoms with van der Waals surface area (Å²) in [7, 11) is 0. The van der Waals surface area contributed by atoms with Gasteiger partial charge in [-0.1, -0.05) is 5.21 Å². The molecule has 0 radical (unpaired) electrons. The fraction of sp³-hybridized carbons (Fsp3) is 0.667. The van der Waals surface area contributed by atoms with Gasteiger partial charge in [-0.3, -0.25) is 4.68 Å². The van der Waals surface area contributed by atoms with E-state index in [2.05, 4.69) is 10.3 Å². The van der Waals surface area contributed by atoms with E-state index in [1.165, 1.54) is 0 Å². The number of hydrogen-bond acceptors (Lipinski definition) is 4. The molecule has 0 aliphatic carbocycles. The summed E-state index contributed by atoms with van der Waals surface area (Å²) >= 11 is 0. The summed E-state index contributed by atoms with van der Waals surface area (Å²) in [5.74, 6) is 0. The van der Waals surface area contributed by atoms with Crippen LogP contribution in [0, 0.1) is 0 Å². The summed E-state index contributed by atoms with van der Waals surface area (Å²) in [6, 6.07) is 0.0994. The first-order valence-corrected chi connectivity index (χ1v) is 3.57. The van der Waals surface area contributed by atoms with Gasteiger partial charge in [0.2, 0.25) is 0 Å². The highest BCUT2D eigenvalue weighted by atomic mass is 15.4. The second-order valence-corrected chi connectivity index (χ2v) is 2.61. The van der Waals surface area contributed by atoms with Crippen molar-refractivity contribution in [3.63, 3.8) is 0 Å². The smallest absolute Gasteiger partial charge is 0.0962 e. The van der Waals surface area contributed by atoms with Crippen molar-refractivity contribution in [1.82, 2.24) is 15.0 Å². The summed E-state index contributed by atoms with van der Waals surface area (Å²) in [6.07, 6.45) is 1.81. The van der Waals surface area contributed by atoms with E-state index in [1.807, 2.05) is 13.1 Å². The van der Waals surface area contributed by atoms with E-state index in [1.54, 1.807) is 4.68 Å². The maximum Gasteiger partial charge on any atom is 0.0962 e. The Kier molecular flexibility index (Phi) is 2.56. The van der Waals surface area contributed by atoms with E-state index in [-0.39, 0.29) is 6.04 Å². The monoisotopic (exact) mass is 155 g/mol. The predicted octanol–water partition coefficient (Wildman–Crippen LogP) is -0.916. The van der Waals surface area contributed by atoms with Crippen LogP contribution in [0.5, 0.6) is 0 Å². The maximum absolute atomic E-state index is 5.56. The summed E-state index contributed by atoms with van der Waals surface area (Å²) in [5.41, 5.74) is 11.7. The van der Waals surface area contributed by atoms with E-state index < -0.39 is 0 Å². The molecule has 0 saturated heterocycles. The molecule has 62 valence electrons. The summed E-state index contributed by atoms with van der Waals surface area (Å²) < 4.78 is 1.70. The fourth-order valence-corrected chi connectivity index (χ4v) is 0.816. The van der Waals surface area contributed by atoms with E-state index in [0.717, 1.165) is 5.69 Å². The molecule has 1 atom stereocenters. The predicted molar refractivity (Wildman–Crippen MR) is 41.6 cm³/mol. The van der Waals surface area contributed by atoms with Crippen LogP contribution < -0.4 is 11.5 Å². The first-order valence-electron chi connectivity index (χ1n) is 3.57. The lowest BCUT2D eigenvalue weighted by atomic mass is 10.4. The Morgan fingerprint density at radius 2 is 2.45 bits per heavy atom. The SMILES string of the molecule is C[C@H](N)Cn1cc(CN)nn1. The molecule has 1 aromatic rings. The normalized spacial score (nSPS) is 13.4. The second-order valence-electron chi connectivity index (χ2n) is 2.61. The van der Waals surface area contributed by atoms with Gasteiger partial charge in [0.05, 0.1) is 12.2 Å². The molecule has 0 amide bonds. The number of nitrogens with two attached hydrogens (primary N) is 2. The van der Waals surface area contributed by atoms with E-state index in [4.69, 9.17) is 11.5 Å². The van der Waals surface area contributed by atoms with Gasteiger partial charge in [0.1, 0.15) is 0 Å². The van der Waals surface area contributed by atoms with Crippen molar-refractivity contribution >= 4 is 0 Å². The molecular weight excluding hydrogens is 142 g/mol. The van der Waals surface area contributed by atoms with Gasteiger partial charge in [-0.15, -0.1) is 5.10 Å². The lowest BCUT2D eigenvalue weighted by Crippen LogP contribution is -2.22. The van der Waals surface area contributed by atoms with Gasteiger partial charge in [-0.2, -0.15) is 0 Å². The quantitative estimate of drug-likeness (QED) is 0.591. The third kappa shape index (κ3) is 2.28. The minimum atomic E-state index is 0.0994. The van der Waals surface area contributed by atoms with E-state index >= 15 is 0 Å². The number of rotatable bonds is 3. The lowest BCUT2D eigenvalue weighted by molar-refractivity contribution is 0.523. The first-order chi connectivity index (χ1) is 5.22. The minimum Gasteiger partial charge on any atom is -0.326 e. The van der Waals surface area contributed by atoms with Crippen molar-refractivity contribution in [3.05, 3.63) is 11.9 Å². The minimum absolute atomic E-state index is 0.0994. The topological polar surface area (TPSA) is 82.8 Å². The molecule has 0 aliphatic heterocycles. The average molecular weight is 155 g/mol. The van der Waals surface area contributed by atoms with Crippen LogP contribution in [0.1, 0.15) is 12.6 Å². The Hall–Kier alpha value is -0.940. The molecule has 0 unspecified atom stereocenters. The molecule has 4 N–H and O–H groups in total. The zero-order valence-corrected chi connectivity index (χ0v) is 6.57. The zero-order chi connectivity index (χ0) is 8.27. The Morgan fingerprint density at radius 1 is 1.73 bits per heavy atom. The van der Waals surface area contributed by atoms with Crippen LogP contribution in [0.25, 0.3) is 0 Å². The highest BCUT2D eigenvalue weighted by Crippen LogP contribution is 1.91. The molecule has 0 aromatic carbocycles. The molecule has 5 nitrogen and oxygen atoms in total. The summed E-state index contributed by atoms with van der Waals surface area (Å²) in [6.45, 7) is 3.04. The van der Waals surface area contributed by atoms with Gasteiger partial charge in [0.25, 0.3) is 0 Å². The second kappa shape index (κ2) is 3.45. The highest BCUT2D eigenvalue weighted by Gasteiger charge is 1.99. The Morgan fingerprint density at radius 3 is 2.91 bits per heavy atom. The van der Waals surface area contributed by atoms with Gasteiger partial charge in [0, 0.05) is 18.8 Å². The molecule has 0 aliphatic rings. The maximum atomic E-state index is 5.56. The molecule has 1 rings (SSSR count). The Balaban J connectivity index is 2.58. The van der Waals surface area contributed by atoms with Crippen molar-refractivity contribution in [2.24, 2.45) is 11.5 Å². The third-order valence-electron chi connectivity index (χ3n) is 1.27. The van der Waals surface area contributed by atoms with Crippen molar-refractivity contribution < 1.29 is 0 Å².